The van der Waals surface area contributed by atoms with Crippen molar-refractivity contribution in [2.24, 2.45) is 0 Å². The van der Waals surface area contributed by atoms with Crippen LogP contribution in [0.3, 0.4) is 0 Å². The Balaban J connectivity index is 2.91. The Hall–Kier alpha value is -2.49. The van der Waals surface area contributed by atoms with Gasteiger partial charge in [0.15, 0.2) is 5.60 Å². The van der Waals surface area contributed by atoms with E-state index in [4.69, 9.17) is 9.84 Å². The summed E-state index contributed by atoms with van der Waals surface area (Å²) in [4.78, 5) is 22.5. The summed E-state index contributed by atoms with van der Waals surface area (Å²) in [6.07, 6.45) is -4.61. The van der Waals surface area contributed by atoms with Crippen LogP contribution in [0.2, 0.25) is 0 Å². The van der Waals surface area contributed by atoms with Crippen LogP contribution in [-0.4, -0.2) is 41.0 Å². The smallest absolute Gasteiger partial charge is 0.416 e. The van der Waals surface area contributed by atoms with Gasteiger partial charge in [0.1, 0.15) is 5.75 Å². The fourth-order valence-electron chi connectivity index (χ4n) is 1.58. The molecule has 0 saturated heterocycles. The van der Waals surface area contributed by atoms with Crippen molar-refractivity contribution in [3.63, 3.8) is 0 Å². The maximum atomic E-state index is 12.7. The number of hydrogen-bond acceptors (Lipinski definition) is 4. The van der Waals surface area contributed by atoms with E-state index in [0.29, 0.717) is 6.07 Å². The molecule has 0 aliphatic rings. The van der Waals surface area contributed by atoms with E-state index in [0.717, 1.165) is 19.1 Å². The molecule has 2 amide bonds. The third kappa shape index (κ3) is 5.30. The predicted molar refractivity (Wildman–Crippen MR) is 77.9 cm³/mol. The molecule has 1 aromatic rings. The first-order valence-electron chi connectivity index (χ1n) is 6.82. The third-order valence-electron chi connectivity index (χ3n) is 2.91. The minimum absolute atomic E-state index is 0.0191. The minimum Gasteiger partial charge on any atom is -0.492 e. The zero-order valence-corrected chi connectivity index (χ0v) is 12.9. The van der Waals surface area contributed by atoms with E-state index in [1.54, 1.807) is 6.92 Å². The number of carbonyl (C=O) groups excluding carboxylic acids is 1. The van der Waals surface area contributed by atoms with Crippen molar-refractivity contribution in [2.75, 3.05) is 18.5 Å². The van der Waals surface area contributed by atoms with Crippen molar-refractivity contribution >= 4 is 17.7 Å². The van der Waals surface area contributed by atoms with Gasteiger partial charge in [-0.15, -0.1) is 0 Å². The monoisotopic (exact) mass is 350 g/mol. The molecule has 1 aromatic carbocycles. The third-order valence-corrected chi connectivity index (χ3v) is 2.91. The number of halogens is 3. The Labute approximate surface area is 135 Å². The first kappa shape index (κ1) is 19.6. The lowest BCUT2D eigenvalue weighted by Gasteiger charge is -2.19. The molecular weight excluding hydrogens is 333 g/mol. The van der Waals surface area contributed by atoms with Gasteiger partial charge >= 0.3 is 18.2 Å². The molecule has 0 radical (unpaired) electrons. The summed E-state index contributed by atoms with van der Waals surface area (Å²) in [5.74, 6) is -1.54. The second-order valence-corrected chi connectivity index (χ2v) is 5.03. The zero-order chi connectivity index (χ0) is 18.5. The lowest BCUT2D eigenvalue weighted by atomic mass is 10.1. The summed E-state index contributed by atoms with van der Waals surface area (Å²) in [5.41, 5.74) is -3.44. The van der Waals surface area contributed by atoms with Gasteiger partial charge < -0.3 is 25.6 Å². The highest BCUT2D eigenvalue weighted by atomic mass is 19.4. The van der Waals surface area contributed by atoms with Crippen LogP contribution in [0.25, 0.3) is 0 Å². The quantitative estimate of drug-likeness (QED) is 0.628. The molecule has 0 aromatic heterocycles. The Morgan fingerprint density at radius 2 is 1.92 bits per heavy atom. The van der Waals surface area contributed by atoms with E-state index in [1.165, 1.54) is 0 Å². The van der Waals surface area contributed by atoms with E-state index in [-0.39, 0.29) is 18.0 Å². The molecule has 1 rings (SSSR count). The number of rotatable bonds is 6. The molecule has 0 bridgehead atoms. The molecule has 0 aliphatic heterocycles. The van der Waals surface area contributed by atoms with Gasteiger partial charge in [0.25, 0.3) is 0 Å². The van der Waals surface area contributed by atoms with Crippen molar-refractivity contribution in [2.45, 2.75) is 25.6 Å². The van der Waals surface area contributed by atoms with Gasteiger partial charge in [0.05, 0.1) is 24.4 Å². The van der Waals surface area contributed by atoms with Gasteiger partial charge in [-0.05, 0) is 32.0 Å². The second-order valence-electron chi connectivity index (χ2n) is 5.03. The Bertz CT molecular complexity index is 617. The van der Waals surface area contributed by atoms with Crippen molar-refractivity contribution in [3.8, 4) is 5.75 Å². The van der Waals surface area contributed by atoms with Crippen LogP contribution in [-0.2, 0) is 11.0 Å². The minimum atomic E-state index is -4.61. The van der Waals surface area contributed by atoms with Crippen LogP contribution in [0.4, 0.5) is 23.7 Å². The lowest BCUT2D eigenvalue weighted by molar-refractivity contribution is -0.155. The fourth-order valence-corrected chi connectivity index (χ4v) is 1.58. The number of aliphatic hydroxyl groups is 1. The van der Waals surface area contributed by atoms with Gasteiger partial charge in [-0.3, -0.25) is 0 Å². The van der Waals surface area contributed by atoms with E-state index < -0.39 is 35.9 Å². The number of nitrogens with one attached hydrogen (secondary N) is 2. The Morgan fingerprint density at radius 1 is 1.29 bits per heavy atom. The number of carboxylic acid groups (broad SMARTS) is 1. The van der Waals surface area contributed by atoms with Crippen LogP contribution in [0.5, 0.6) is 5.75 Å². The molecule has 0 heterocycles. The average molecular weight is 350 g/mol. The number of alkyl halides is 3. The first-order chi connectivity index (χ1) is 11.0. The predicted octanol–water partition coefficient (Wildman–Crippen LogP) is 2.06. The van der Waals surface area contributed by atoms with Crippen LogP contribution >= 0.6 is 0 Å². The number of urea groups is 1. The maximum absolute atomic E-state index is 12.7. The molecule has 10 heteroatoms. The SMILES string of the molecule is CCOc1ccc(C(F)(F)F)cc1NC(=O)NCC(C)(O)C(=O)O. The van der Waals surface area contributed by atoms with Crippen molar-refractivity contribution in [1.29, 1.82) is 0 Å². The summed E-state index contributed by atoms with van der Waals surface area (Å²) in [7, 11) is 0. The largest absolute Gasteiger partial charge is 0.492 e. The van der Waals surface area contributed by atoms with E-state index in [1.807, 2.05) is 0 Å². The van der Waals surface area contributed by atoms with E-state index >= 15 is 0 Å². The molecular formula is C14H17F3N2O5. The summed E-state index contributed by atoms with van der Waals surface area (Å²) < 4.78 is 43.4. The number of carbonyl (C=O) groups is 2. The van der Waals surface area contributed by atoms with Crippen molar-refractivity contribution in [1.82, 2.24) is 5.32 Å². The molecule has 0 fully saturated rings. The van der Waals surface area contributed by atoms with Gasteiger partial charge in [-0.25, -0.2) is 9.59 Å². The molecule has 1 unspecified atom stereocenters. The summed E-state index contributed by atoms with van der Waals surface area (Å²) in [6, 6.07) is 1.58. The normalized spacial score (nSPS) is 13.8. The molecule has 1 atom stereocenters. The van der Waals surface area contributed by atoms with Crippen LogP contribution < -0.4 is 15.4 Å². The number of ether oxygens (including phenoxy) is 1. The number of anilines is 1. The van der Waals surface area contributed by atoms with Gasteiger partial charge in [-0.1, -0.05) is 0 Å². The number of benzene rings is 1. The number of amides is 2. The van der Waals surface area contributed by atoms with Crippen LogP contribution in [0.1, 0.15) is 19.4 Å². The molecule has 0 spiro atoms. The van der Waals surface area contributed by atoms with Crippen molar-refractivity contribution in [3.05, 3.63) is 23.8 Å². The molecule has 0 aliphatic carbocycles. The Morgan fingerprint density at radius 3 is 2.42 bits per heavy atom. The van der Waals surface area contributed by atoms with Crippen LogP contribution in [0.15, 0.2) is 18.2 Å². The van der Waals surface area contributed by atoms with Gasteiger partial charge in [0, 0.05) is 0 Å². The highest BCUT2D eigenvalue weighted by Crippen LogP contribution is 2.35. The highest BCUT2D eigenvalue weighted by Gasteiger charge is 2.32. The fraction of sp³-hybridized carbons (Fsp3) is 0.429. The zero-order valence-electron chi connectivity index (χ0n) is 12.9. The molecule has 0 saturated carbocycles. The lowest BCUT2D eigenvalue weighted by Crippen LogP contribution is -2.47. The highest BCUT2D eigenvalue weighted by molar-refractivity contribution is 5.91. The Kier molecular flexibility index (Phi) is 6.02. The summed E-state index contributed by atoms with van der Waals surface area (Å²) in [5, 5.41) is 22.4. The molecule has 134 valence electrons. The van der Waals surface area contributed by atoms with Crippen LogP contribution in [0, 0.1) is 0 Å². The van der Waals surface area contributed by atoms with Gasteiger partial charge in [-0.2, -0.15) is 13.2 Å². The maximum Gasteiger partial charge on any atom is 0.416 e. The van der Waals surface area contributed by atoms with E-state index in [9.17, 15) is 27.9 Å². The number of aliphatic carboxylic acids is 1. The van der Waals surface area contributed by atoms with Gasteiger partial charge in [0.2, 0.25) is 0 Å². The average Bonchev–Trinajstić information content (AvgIpc) is 2.46. The summed E-state index contributed by atoms with van der Waals surface area (Å²) in [6.45, 7) is 2.10. The number of hydrogen-bond donors (Lipinski definition) is 4. The molecule has 24 heavy (non-hydrogen) atoms. The van der Waals surface area contributed by atoms with E-state index in [2.05, 4.69) is 10.6 Å². The molecule has 4 N–H and O–H groups in total. The topological polar surface area (TPSA) is 108 Å². The number of carboxylic acids is 1. The molecule has 7 nitrogen and oxygen atoms in total. The standard InChI is InChI=1S/C14H17F3N2O5/c1-3-24-10-5-4-8(14(15,16)17)6-9(10)19-12(22)18-7-13(2,23)11(20)21/h4-6,23H,3,7H2,1-2H3,(H,20,21)(H2,18,19,22). The summed E-state index contributed by atoms with van der Waals surface area (Å²) >= 11 is 0. The van der Waals surface area contributed by atoms with Crippen molar-refractivity contribution < 1.29 is 37.7 Å². The second kappa shape index (κ2) is 7.39. The first-order valence-corrected chi connectivity index (χ1v) is 6.82.